The summed E-state index contributed by atoms with van der Waals surface area (Å²) >= 11 is 0. The number of carbonyl (C=O) groups is 1. The van der Waals surface area contributed by atoms with E-state index in [2.05, 4.69) is 126 Å². The zero-order valence-corrected chi connectivity index (χ0v) is 27.9. The Balaban J connectivity index is 1.36. The average Bonchev–Trinajstić information content (AvgIpc) is 3.07. The van der Waals surface area contributed by atoms with Crippen molar-refractivity contribution in [1.29, 1.82) is 0 Å². The molecule has 5 aromatic carbocycles. The Labute approximate surface area is 274 Å². The molecule has 0 fully saturated rings. The van der Waals surface area contributed by atoms with Crippen LogP contribution in [-0.2, 0) is 6.42 Å². The molecule has 0 aliphatic rings. The molecule has 0 heterocycles. The molecule has 0 spiro atoms. The van der Waals surface area contributed by atoms with Crippen LogP contribution >= 0.6 is 0 Å². The molecule has 0 saturated carbocycles. The largest absolute Gasteiger partial charge is 0.478 e. The Hall–Kier alpha value is -4.89. The molecule has 5 aromatic rings. The highest BCUT2D eigenvalue weighted by atomic mass is 16.4. The lowest BCUT2D eigenvalue weighted by molar-refractivity contribution is 0.0697. The van der Waals surface area contributed by atoms with Gasteiger partial charge in [0.25, 0.3) is 0 Å². The number of benzene rings is 5. The SMILES string of the molecule is C=C(NC(C)c1cccc2ccccc12)c1ccc(C(C)C(C)Cc2ccc(-c3ccccc3C(=O)O)cc2)c(C(C)=C(C)C)c1. The van der Waals surface area contributed by atoms with Crippen molar-refractivity contribution in [2.24, 2.45) is 5.92 Å². The number of rotatable bonds is 11. The minimum atomic E-state index is -0.908. The minimum absolute atomic E-state index is 0.106. The second-order valence-corrected chi connectivity index (χ2v) is 12.9. The number of hydrogen-bond acceptors (Lipinski definition) is 2. The molecular formula is C43H45NO2. The van der Waals surface area contributed by atoms with E-state index in [9.17, 15) is 9.90 Å². The first-order valence-electron chi connectivity index (χ1n) is 16.2. The van der Waals surface area contributed by atoms with E-state index in [4.69, 9.17) is 0 Å². The van der Waals surface area contributed by atoms with Crippen LogP contribution in [0.15, 0.2) is 121 Å². The smallest absolute Gasteiger partial charge is 0.336 e. The van der Waals surface area contributed by atoms with Crippen LogP contribution in [0.1, 0.15) is 91.7 Å². The Kier molecular flexibility index (Phi) is 9.92. The van der Waals surface area contributed by atoms with Crippen molar-refractivity contribution in [3.05, 3.63) is 155 Å². The monoisotopic (exact) mass is 607 g/mol. The van der Waals surface area contributed by atoms with E-state index in [-0.39, 0.29) is 6.04 Å². The number of allylic oxidation sites excluding steroid dienone is 2. The van der Waals surface area contributed by atoms with Crippen LogP contribution in [0, 0.1) is 5.92 Å². The summed E-state index contributed by atoms with van der Waals surface area (Å²) in [5.74, 6) is -0.199. The van der Waals surface area contributed by atoms with Crippen molar-refractivity contribution in [3.63, 3.8) is 0 Å². The first-order valence-corrected chi connectivity index (χ1v) is 16.2. The molecule has 5 rings (SSSR count). The third-order valence-corrected chi connectivity index (χ3v) is 9.56. The van der Waals surface area contributed by atoms with E-state index in [1.807, 2.05) is 24.3 Å². The summed E-state index contributed by atoms with van der Waals surface area (Å²) < 4.78 is 0. The van der Waals surface area contributed by atoms with E-state index < -0.39 is 5.97 Å². The number of aromatic carboxylic acids is 1. The fourth-order valence-electron chi connectivity index (χ4n) is 6.38. The summed E-state index contributed by atoms with van der Waals surface area (Å²) in [6.07, 6.45) is 0.924. The lowest BCUT2D eigenvalue weighted by Crippen LogP contribution is -2.17. The lowest BCUT2D eigenvalue weighted by Gasteiger charge is -2.26. The minimum Gasteiger partial charge on any atom is -0.478 e. The van der Waals surface area contributed by atoms with Gasteiger partial charge in [-0.2, -0.15) is 0 Å². The molecule has 0 aliphatic carbocycles. The van der Waals surface area contributed by atoms with Crippen LogP contribution in [0.4, 0.5) is 0 Å². The molecule has 3 nitrogen and oxygen atoms in total. The van der Waals surface area contributed by atoms with Gasteiger partial charge < -0.3 is 10.4 Å². The molecule has 3 heteroatoms. The van der Waals surface area contributed by atoms with Gasteiger partial charge >= 0.3 is 5.97 Å². The highest BCUT2D eigenvalue weighted by molar-refractivity contribution is 5.96. The second kappa shape index (κ2) is 14.0. The van der Waals surface area contributed by atoms with E-state index in [1.165, 1.54) is 44.2 Å². The van der Waals surface area contributed by atoms with Gasteiger partial charge in [0.15, 0.2) is 0 Å². The number of fused-ring (bicyclic) bond motifs is 1. The Morgan fingerprint density at radius 2 is 1.43 bits per heavy atom. The predicted molar refractivity (Wildman–Crippen MR) is 195 cm³/mol. The molecule has 0 aliphatic heterocycles. The van der Waals surface area contributed by atoms with Gasteiger partial charge in [-0.1, -0.05) is 123 Å². The van der Waals surface area contributed by atoms with Gasteiger partial charge in [-0.15, -0.1) is 0 Å². The second-order valence-electron chi connectivity index (χ2n) is 12.9. The van der Waals surface area contributed by atoms with Crippen LogP contribution < -0.4 is 5.32 Å². The van der Waals surface area contributed by atoms with Crippen LogP contribution in [0.5, 0.6) is 0 Å². The van der Waals surface area contributed by atoms with E-state index >= 15 is 0 Å². The quantitative estimate of drug-likeness (QED) is 0.157. The summed E-state index contributed by atoms with van der Waals surface area (Å²) in [5.41, 5.74) is 11.7. The van der Waals surface area contributed by atoms with Crippen molar-refractivity contribution in [3.8, 4) is 11.1 Å². The van der Waals surface area contributed by atoms with Crippen LogP contribution in [0.2, 0.25) is 0 Å². The van der Waals surface area contributed by atoms with Gasteiger partial charge in [0.1, 0.15) is 0 Å². The maximum atomic E-state index is 11.7. The molecule has 3 unspecified atom stereocenters. The van der Waals surface area contributed by atoms with Crippen molar-refractivity contribution >= 4 is 28.0 Å². The molecule has 0 saturated heterocycles. The molecule has 3 atom stereocenters. The number of carboxylic acid groups (broad SMARTS) is 1. The Morgan fingerprint density at radius 1 is 0.761 bits per heavy atom. The van der Waals surface area contributed by atoms with Crippen LogP contribution in [0.25, 0.3) is 33.2 Å². The number of hydrogen-bond donors (Lipinski definition) is 2. The number of carboxylic acids is 1. The summed E-state index contributed by atoms with van der Waals surface area (Å²) in [6, 6.07) is 37.4. The summed E-state index contributed by atoms with van der Waals surface area (Å²) in [4.78, 5) is 11.7. The van der Waals surface area contributed by atoms with E-state index in [1.54, 1.807) is 12.1 Å². The maximum absolute atomic E-state index is 11.7. The first-order chi connectivity index (χ1) is 22.0. The first kappa shape index (κ1) is 32.5. The van der Waals surface area contributed by atoms with E-state index in [0.29, 0.717) is 17.4 Å². The summed E-state index contributed by atoms with van der Waals surface area (Å²) in [6.45, 7) is 17.9. The van der Waals surface area contributed by atoms with Gasteiger partial charge in [0.05, 0.1) is 5.56 Å². The molecule has 0 amide bonds. The molecule has 46 heavy (non-hydrogen) atoms. The zero-order chi connectivity index (χ0) is 33.0. The average molecular weight is 608 g/mol. The molecule has 0 radical (unpaired) electrons. The predicted octanol–water partition coefficient (Wildman–Crippen LogP) is 11.3. The molecule has 0 aromatic heterocycles. The van der Waals surface area contributed by atoms with Gasteiger partial charge in [0.2, 0.25) is 0 Å². The van der Waals surface area contributed by atoms with Gasteiger partial charge in [-0.05, 0) is 113 Å². The summed E-state index contributed by atoms with van der Waals surface area (Å²) in [7, 11) is 0. The highest BCUT2D eigenvalue weighted by Gasteiger charge is 2.21. The maximum Gasteiger partial charge on any atom is 0.336 e. The third kappa shape index (κ3) is 7.00. The van der Waals surface area contributed by atoms with Crippen molar-refractivity contribution < 1.29 is 9.90 Å². The van der Waals surface area contributed by atoms with Crippen molar-refractivity contribution in [1.82, 2.24) is 5.32 Å². The van der Waals surface area contributed by atoms with Crippen molar-refractivity contribution in [2.45, 2.75) is 59.9 Å². The molecule has 0 bridgehead atoms. The third-order valence-electron chi connectivity index (χ3n) is 9.56. The van der Waals surface area contributed by atoms with Crippen LogP contribution in [-0.4, -0.2) is 11.1 Å². The fraction of sp³-hybridized carbons (Fsp3) is 0.233. The topological polar surface area (TPSA) is 49.3 Å². The van der Waals surface area contributed by atoms with E-state index in [0.717, 1.165) is 28.8 Å². The lowest BCUT2D eigenvalue weighted by atomic mass is 9.80. The molecule has 2 N–H and O–H groups in total. The molecular weight excluding hydrogens is 562 g/mol. The molecule has 234 valence electrons. The van der Waals surface area contributed by atoms with Gasteiger partial charge in [-0.25, -0.2) is 4.79 Å². The van der Waals surface area contributed by atoms with Gasteiger partial charge in [-0.3, -0.25) is 0 Å². The number of nitrogens with one attached hydrogen (secondary N) is 1. The van der Waals surface area contributed by atoms with Gasteiger partial charge in [0, 0.05) is 11.7 Å². The fourth-order valence-corrected chi connectivity index (χ4v) is 6.38. The van der Waals surface area contributed by atoms with Crippen molar-refractivity contribution in [2.75, 3.05) is 0 Å². The normalized spacial score (nSPS) is 13.1. The highest BCUT2D eigenvalue weighted by Crippen LogP contribution is 2.36. The standard InChI is InChI=1S/C43H45NO2/c1-27(2)29(4)42-26-36(31(6)44-32(7)38-18-12-14-34-13-8-9-15-39(34)38)23-24-37(42)30(5)28(3)25-33-19-21-35(22-20-33)40-16-10-11-17-41(40)43(45)46/h8-24,26,28,30,32,44H,6,25H2,1-5,7H3,(H,45,46). The zero-order valence-electron chi connectivity index (χ0n) is 27.9. The Morgan fingerprint density at radius 3 is 2.15 bits per heavy atom. The van der Waals surface area contributed by atoms with Crippen LogP contribution in [0.3, 0.4) is 0 Å². The summed E-state index contributed by atoms with van der Waals surface area (Å²) in [5, 5.41) is 15.8. The Bertz CT molecular complexity index is 1900.